The summed E-state index contributed by atoms with van der Waals surface area (Å²) in [4.78, 5) is 11.3. The molecule has 20 heavy (non-hydrogen) atoms. The Balaban J connectivity index is 2.04. The molecule has 0 saturated heterocycles. The van der Waals surface area contributed by atoms with E-state index in [1.54, 1.807) is 0 Å². The van der Waals surface area contributed by atoms with Gasteiger partial charge in [-0.05, 0) is 23.6 Å². The number of hydrogen-bond acceptors (Lipinski definition) is 4. The summed E-state index contributed by atoms with van der Waals surface area (Å²) in [7, 11) is 0. The average Bonchev–Trinajstić information content (AvgIpc) is 2.76. The smallest absolute Gasteiger partial charge is 0.228 e. The summed E-state index contributed by atoms with van der Waals surface area (Å²) in [5.41, 5.74) is 9.09. The summed E-state index contributed by atoms with van der Waals surface area (Å²) in [6.45, 7) is 4.62. The van der Waals surface area contributed by atoms with Gasteiger partial charge in [-0.25, -0.2) is 0 Å². The van der Waals surface area contributed by atoms with E-state index < -0.39 is 6.10 Å². The van der Waals surface area contributed by atoms with Gasteiger partial charge in [0.05, 0.1) is 23.9 Å². The van der Waals surface area contributed by atoms with Crippen LogP contribution in [-0.2, 0) is 11.2 Å². The zero-order valence-corrected chi connectivity index (χ0v) is 12.1. The molecule has 1 aromatic carbocycles. The van der Waals surface area contributed by atoms with Crippen LogP contribution in [0.1, 0.15) is 32.3 Å². The minimum absolute atomic E-state index is 0.00591. The van der Waals surface area contributed by atoms with Gasteiger partial charge in [0.15, 0.2) is 0 Å². The number of aliphatic hydroxyl groups is 1. The quantitative estimate of drug-likeness (QED) is 0.599. The third-order valence-electron chi connectivity index (χ3n) is 4.00. The predicted molar refractivity (Wildman–Crippen MR) is 81.8 cm³/mol. The van der Waals surface area contributed by atoms with Gasteiger partial charge in [0.25, 0.3) is 0 Å². The predicted octanol–water partition coefficient (Wildman–Crippen LogP) is 1.97. The number of fused-ring (bicyclic) bond motifs is 1. The Morgan fingerprint density at radius 3 is 2.75 bits per heavy atom. The Hall–Kier alpha value is -1.75. The van der Waals surface area contributed by atoms with E-state index in [-0.39, 0.29) is 11.8 Å². The molecule has 1 amide bonds. The molecule has 0 radical (unpaired) electrons. The summed E-state index contributed by atoms with van der Waals surface area (Å²) in [5.74, 6) is 0.284. The van der Waals surface area contributed by atoms with Crippen LogP contribution in [0.25, 0.3) is 0 Å². The monoisotopic (exact) mass is 277 g/mol. The van der Waals surface area contributed by atoms with E-state index in [9.17, 15) is 9.90 Å². The third-order valence-corrected chi connectivity index (χ3v) is 4.00. The summed E-state index contributed by atoms with van der Waals surface area (Å²) in [5, 5.41) is 16.1. The molecule has 1 unspecified atom stereocenters. The van der Waals surface area contributed by atoms with Crippen molar-refractivity contribution < 1.29 is 9.90 Å². The van der Waals surface area contributed by atoms with Crippen LogP contribution in [0, 0.1) is 5.92 Å². The summed E-state index contributed by atoms with van der Waals surface area (Å²) in [6.07, 6.45) is 1.90. The first-order valence-corrected chi connectivity index (χ1v) is 7.19. The van der Waals surface area contributed by atoms with Crippen molar-refractivity contribution in [2.75, 3.05) is 22.9 Å². The number of aliphatic hydroxyl groups excluding tert-OH is 1. The van der Waals surface area contributed by atoms with Crippen molar-refractivity contribution in [2.45, 2.75) is 39.2 Å². The molecule has 2 rings (SSSR count). The maximum absolute atomic E-state index is 11.3. The highest BCUT2D eigenvalue weighted by atomic mass is 16.3. The molecule has 5 nitrogen and oxygen atoms in total. The normalized spacial score (nSPS) is 15.1. The number of rotatable bonds is 6. The van der Waals surface area contributed by atoms with E-state index in [1.165, 1.54) is 0 Å². The van der Waals surface area contributed by atoms with E-state index in [2.05, 4.69) is 24.5 Å². The second-order valence-corrected chi connectivity index (χ2v) is 5.35. The van der Waals surface area contributed by atoms with E-state index in [0.717, 1.165) is 29.8 Å². The van der Waals surface area contributed by atoms with Crippen molar-refractivity contribution in [1.82, 2.24) is 0 Å². The second kappa shape index (κ2) is 6.13. The van der Waals surface area contributed by atoms with E-state index in [4.69, 9.17) is 5.73 Å². The number of hydrogen-bond donors (Lipinski definition) is 4. The fourth-order valence-electron chi connectivity index (χ4n) is 2.66. The van der Waals surface area contributed by atoms with Crippen molar-refractivity contribution in [2.24, 2.45) is 5.92 Å². The lowest BCUT2D eigenvalue weighted by molar-refractivity contribution is -0.115. The number of amides is 1. The van der Waals surface area contributed by atoms with Crippen LogP contribution in [0.4, 0.5) is 17.1 Å². The van der Waals surface area contributed by atoms with E-state index in [1.807, 2.05) is 12.1 Å². The SMILES string of the molecule is CCC(CC)C(O)CNc1cc2c(cc1N)CC(=O)N2. The molecule has 1 aliphatic heterocycles. The van der Waals surface area contributed by atoms with E-state index in [0.29, 0.717) is 18.7 Å². The van der Waals surface area contributed by atoms with Crippen molar-refractivity contribution in [3.63, 3.8) is 0 Å². The lowest BCUT2D eigenvalue weighted by Crippen LogP contribution is -2.27. The van der Waals surface area contributed by atoms with Gasteiger partial charge >= 0.3 is 0 Å². The highest BCUT2D eigenvalue weighted by Crippen LogP contribution is 2.31. The number of anilines is 3. The number of carbonyl (C=O) groups is 1. The van der Waals surface area contributed by atoms with Crippen LogP contribution in [0.15, 0.2) is 12.1 Å². The lowest BCUT2D eigenvalue weighted by Gasteiger charge is -2.21. The molecule has 1 atom stereocenters. The highest BCUT2D eigenvalue weighted by molar-refractivity contribution is 6.00. The second-order valence-electron chi connectivity index (χ2n) is 5.35. The number of nitrogens with two attached hydrogens (primary N) is 1. The molecular weight excluding hydrogens is 254 g/mol. The molecule has 1 aliphatic rings. The fourth-order valence-corrected chi connectivity index (χ4v) is 2.66. The lowest BCUT2D eigenvalue weighted by atomic mass is 9.96. The van der Waals surface area contributed by atoms with Crippen LogP contribution in [0.5, 0.6) is 0 Å². The van der Waals surface area contributed by atoms with Gasteiger partial charge < -0.3 is 21.5 Å². The number of nitrogen functional groups attached to an aromatic ring is 1. The van der Waals surface area contributed by atoms with Gasteiger partial charge in [-0.2, -0.15) is 0 Å². The van der Waals surface area contributed by atoms with Crippen molar-refractivity contribution >= 4 is 23.0 Å². The Kier molecular flexibility index (Phi) is 4.49. The molecular formula is C15H23N3O2. The number of carbonyl (C=O) groups excluding carboxylic acids is 1. The molecule has 0 aliphatic carbocycles. The molecule has 0 fully saturated rings. The first kappa shape index (κ1) is 14.7. The minimum atomic E-state index is -0.396. The Morgan fingerprint density at radius 1 is 1.40 bits per heavy atom. The molecule has 1 aromatic rings. The van der Waals surface area contributed by atoms with Crippen molar-refractivity contribution in [3.05, 3.63) is 17.7 Å². The van der Waals surface area contributed by atoms with Crippen LogP contribution < -0.4 is 16.4 Å². The van der Waals surface area contributed by atoms with Crippen LogP contribution in [0.2, 0.25) is 0 Å². The molecule has 0 aromatic heterocycles. The topological polar surface area (TPSA) is 87.4 Å². The first-order chi connectivity index (χ1) is 9.55. The Labute approximate surface area is 119 Å². The molecule has 0 spiro atoms. The molecule has 110 valence electrons. The minimum Gasteiger partial charge on any atom is -0.397 e. The van der Waals surface area contributed by atoms with Crippen LogP contribution >= 0.6 is 0 Å². The van der Waals surface area contributed by atoms with Gasteiger partial charge in [-0.15, -0.1) is 0 Å². The molecule has 1 heterocycles. The van der Waals surface area contributed by atoms with Gasteiger partial charge in [0, 0.05) is 12.2 Å². The third kappa shape index (κ3) is 3.04. The van der Waals surface area contributed by atoms with Crippen LogP contribution in [-0.4, -0.2) is 23.7 Å². The molecule has 5 heteroatoms. The summed E-state index contributed by atoms with van der Waals surface area (Å²) < 4.78 is 0. The average molecular weight is 277 g/mol. The number of nitrogens with one attached hydrogen (secondary N) is 2. The number of benzene rings is 1. The summed E-state index contributed by atoms with van der Waals surface area (Å²) >= 11 is 0. The van der Waals surface area contributed by atoms with Crippen LogP contribution in [0.3, 0.4) is 0 Å². The van der Waals surface area contributed by atoms with Crippen molar-refractivity contribution in [3.8, 4) is 0 Å². The largest absolute Gasteiger partial charge is 0.397 e. The van der Waals surface area contributed by atoms with Gasteiger partial charge in [0.1, 0.15) is 0 Å². The molecule has 0 bridgehead atoms. The van der Waals surface area contributed by atoms with Gasteiger partial charge in [-0.3, -0.25) is 4.79 Å². The van der Waals surface area contributed by atoms with Crippen molar-refractivity contribution in [1.29, 1.82) is 0 Å². The standard InChI is InChI=1S/C15H23N3O2/c1-3-9(4-2)14(19)8-17-13-7-12-10(5-11(13)16)6-15(20)18-12/h5,7,9,14,17,19H,3-4,6,8,16H2,1-2H3,(H,18,20). The maximum Gasteiger partial charge on any atom is 0.228 e. The molecule has 5 N–H and O–H groups in total. The van der Waals surface area contributed by atoms with Gasteiger partial charge in [-0.1, -0.05) is 26.7 Å². The maximum atomic E-state index is 11.3. The zero-order chi connectivity index (χ0) is 14.7. The fraction of sp³-hybridized carbons (Fsp3) is 0.533. The summed E-state index contributed by atoms with van der Waals surface area (Å²) in [6, 6.07) is 3.66. The zero-order valence-electron chi connectivity index (χ0n) is 12.1. The van der Waals surface area contributed by atoms with E-state index >= 15 is 0 Å². The molecule has 0 saturated carbocycles. The Bertz CT molecular complexity index is 498. The first-order valence-electron chi connectivity index (χ1n) is 7.19. The highest BCUT2D eigenvalue weighted by Gasteiger charge is 2.20. The van der Waals surface area contributed by atoms with Gasteiger partial charge in [0.2, 0.25) is 5.91 Å². The Morgan fingerprint density at radius 2 is 2.10 bits per heavy atom.